The Morgan fingerprint density at radius 2 is 2.13 bits per heavy atom. The van der Waals surface area contributed by atoms with Gasteiger partial charge in [0.2, 0.25) is 5.95 Å². The standard InChI is InChI=1S/C25H31N9O4/c1-30-22-21(32(13-17-7-2-3-8-17)24(29-22)31-12-6-9-18(26)14-31)23(35)33(25(30)36)15-19(16-34(37)38)28-20-10-4-5-11-27-20/h4-5,7,10-11,16,18H,2-3,6,8-9,12-15,26H2,1H3,(H,27,28)/b19-16-. The van der Waals surface area contributed by atoms with Crippen molar-refractivity contribution < 1.29 is 4.92 Å². The molecular weight excluding hydrogens is 490 g/mol. The number of hydrogen-bond acceptors (Lipinski definition) is 9. The SMILES string of the molecule is Cn1c(=O)n(C/C(=C/[N+](=O)[O-])Nc2ccccn2)c(=O)c2c1nc(N1CCCC(N)C1)n2CC1=CCCC1. The molecule has 0 bridgehead atoms. The highest BCUT2D eigenvalue weighted by Gasteiger charge is 2.27. The lowest BCUT2D eigenvalue weighted by Gasteiger charge is -2.32. The van der Waals surface area contributed by atoms with Gasteiger partial charge in [-0.1, -0.05) is 17.7 Å². The molecule has 0 spiro atoms. The van der Waals surface area contributed by atoms with Crippen molar-refractivity contribution in [1.29, 1.82) is 0 Å². The molecule has 0 aromatic carbocycles. The fourth-order valence-electron chi connectivity index (χ4n) is 5.18. The number of anilines is 2. The number of fused-ring (bicyclic) bond motifs is 1. The van der Waals surface area contributed by atoms with Gasteiger partial charge in [-0.05, 0) is 44.2 Å². The number of aryl methyl sites for hydroxylation is 1. The van der Waals surface area contributed by atoms with E-state index in [1.165, 1.54) is 16.3 Å². The lowest BCUT2D eigenvalue weighted by atomic mass is 10.1. The van der Waals surface area contributed by atoms with Crippen molar-refractivity contribution in [3.8, 4) is 0 Å². The minimum absolute atomic E-state index is 0.00400. The molecule has 1 aliphatic heterocycles. The van der Waals surface area contributed by atoms with E-state index in [-0.39, 0.29) is 29.4 Å². The van der Waals surface area contributed by atoms with Crippen LogP contribution in [0, 0.1) is 10.1 Å². The van der Waals surface area contributed by atoms with Crippen LogP contribution in [0.2, 0.25) is 0 Å². The highest BCUT2D eigenvalue weighted by atomic mass is 16.6. The summed E-state index contributed by atoms with van der Waals surface area (Å²) in [5.41, 5.74) is 6.89. The quantitative estimate of drug-likeness (QED) is 0.255. The zero-order valence-corrected chi connectivity index (χ0v) is 21.2. The van der Waals surface area contributed by atoms with Crippen LogP contribution < -0.4 is 27.2 Å². The highest BCUT2D eigenvalue weighted by Crippen LogP contribution is 2.27. The molecule has 38 heavy (non-hydrogen) atoms. The van der Waals surface area contributed by atoms with Crippen LogP contribution in [-0.2, 0) is 20.1 Å². The van der Waals surface area contributed by atoms with Crippen molar-refractivity contribution in [2.45, 2.75) is 51.2 Å². The number of nitrogens with two attached hydrogens (primary N) is 1. The first kappa shape index (κ1) is 25.4. The van der Waals surface area contributed by atoms with Gasteiger partial charge in [0, 0.05) is 38.9 Å². The summed E-state index contributed by atoms with van der Waals surface area (Å²) in [7, 11) is 1.56. The van der Waals surface area contributed by atoms with Gasteiger partial charge >= 0.3 is 5.69 Å². The summed E-state index contributed by atoms with van der Waals surface area (Å²) < 4.78 is 4.21. The Bertz CT molecular complexity index is 1530. The van der Waals surface area contributed by atoms with Crippen molar-refractivity contribution in [2.24, 2.45) is 12.8 Å². The maximum absolute atomic E-state index is 13.9. The molecule has 0 amide bonds. The molecule has 2 aliphatic rings. The number of pyridine rings is 1. The summed E-state index contributed by atoms with van der Waals surface area (Å²) in [4.78, 5) is 49.0. The van der Waals surface area contributed by atoms with E-state index in [0.717, 1.165) is 49.4 Å². The van der Waals surface area contributed by atoms with Crippen LogP contribution in [0.1, 0.15) is 32.1 Å². The molecule has 13 heteroatoms. The number of piperidine rings is 1. The normalized spacial score (nSPS) is 18.2. The fraction of sp³-hybridized carbons (Fsp3) is 0.440. The molecule has 0 saturated carbocycles. The Kier molecular flexibility index (Phi) is 7.09. The first-order valence-electron chi connectivity index (χ1n) is 12.7. The van der Waals surface area contributed by atoms with Crippen LogP contribution in [0.3, 0.4) is 0 Å². The van der Waals surface area contributed by atoms with Gasteiger partial charge in [0.05, 0.1) is 11.5 Å². The van der Waals surface area contributed by atoms with Gasteiger partial charge in [0.15, 0.2) is 11.2 Å². The van der Waals surface area contributed by atoms with Crippen molar-refractivity contribution in [3.05, 3.63) is 78.9 Å². The van der Waals surface area contributed by atoms with Crippen LogP contribution in [-0.4, -0.2) is 47.7 Å². The Labute approximate surface area is 218 Å². The molecule has 3 aromatic rings. The molecule has 1 atom stereocenters. The number of hydrogen-bond donors (Lipinski definition) is 2. The van der Waals surface area contributed by atoms with E-state index in [9.17, 15) is 19.7 Å². The molecule has 1 unspecified atom stereocenters. The van der Waals surface area contributed by atoms with E-state index >= 15 is 0 Å². The largest absolute Gasteiger partial charge is 0.341 e. The minimum atomic E-state index is -0.631. The predicted molar refractivity (Wildman–Crippen MR) is 144 cm³/mol. The fourth-order valence-corrected chi connectivity index (χ4v) is 5.18. The number of nitrogens with one attached hydrogen (secondary N) is 1. The summed E-state index contributed by atoms with van der Waals surface area (Å²) in [6.07, 6.45) is 9.27. The van der Waals surface area contributed by atoms with E-state index in [1.807, 2.05) is 4.57 Å². The van der Waals surface area contributed by atoms with E-state index in [2.05, 4.69) is 21.3 Å². The van der Waals surface area contributed by atoms with Crippen LogP contribution in [0.4, 0.5) is 11.8 Å². The number of nitrogens with zero attached hydrogens (tertiary/aromatic N) is 7. The maximum atomic E-state index is 13.9. The van der Waals surface area contributed by atoms with Crippen LogP contribution in [0.5, 0.6) is 0 Å². The number of allylic oxidation sites excluding steroid dienone is 3. The maximum Gasteiger partial charge on any atom is 0.332 e. The molecule has 3 N–H and O–H groups in total. The third kappa shape index (κ3) is 5.09. The summed E-state index contributed by atoms with van der Waals surface area (Å²) >= 11 is 0. The zero-order chi connectivity index (χ0) is 26.8. The van der Waals surface area contributed by atoms with Gasteiger partial charge in [0.1, 0.15) is 11.5 Å². The average molecular weight is 522 g/mol. The third-order valence-corrected chi connectivity index (χ3v) is 6.99. The molecule has 5 rings (SSSR count). The molecule has 200 valence electrons. The van der Waals surface area contributed by atoms with Crippen LogP contribution in [0.25, 0.3) is 11.2 Å². The van der Waals surface area contributed by atoms with Crippen molar-refractivity contribution in [2.75, 3.05) is 23.3 Å². The summed E-state index contributed by atoms with van der Waals surface area (Å²) in [5, 5.41) is 14.2. The first-order chi connectivity index (χ1) is 18.3. The molecule has 1 saturated heterocycles. The molecule has 1 fully saturated rings. The topological polar surface area (TPSA) is 159 Å². The lowest BCUT2D eigenvalue weighted by molar-refractivity contribution is -0.403. The molecule has 1 aliphatic carbocycles. The van der Waals surface area contributed by atoms with Gasteiger partial charge in [-0.25, -0.2) is 9.78 Å². The van der Waals surface area contributed by atoms with Crippen LogP contribution >= 0.6 is 0 Å². The summed E-state index contributed by atoms with van der Waals surface area (Å²) in [5.74, 6) is 0.967. The number of rotatable bonds is 8. The highest BCUT2D eigenvalue weighted by molar-refractivity contribution is 5.75. The van der Waals surface area contributed by atoms with E-state index in [1.54, 1.807) is 25.2 Å². The number of aromatic nitrogens is 5. The van der Waals surface area contributed by atoms with Gasteiger partial charge < -0.3 is 20.5 Å². The van der Waals surface area contributed by atoms with Crippen molar-refractivity contribution in [1.82, 2.24) is 23.7 Å². The molecule has 0 radical (unpaired) electrons. The molecule has 13 nitrogen and oxygen atoms in total. The van der Waals surface area contributed by atoms with E-state index in [0.29, 0.717) is 24.9 Å². The Morgan fingerprint density at radius 1 is 1.29 bits per heavy atom. The molecular formula is C25H31N9O4. The summed E-state index contributed by atoms with van der Waals surface area (Å²) in [6, 6.07) is 5.07. The van der Waals surface area contributed by atoms with Crippen LogP contribution in [0.15, 0.2) is 57.5 Å². The second kappa shape index (κ2) is 10.6. The van der Waals surface area contributed by atoms with E-state index < -0.39 is 16.2 Å². The lowest BCUT2D eigenvalue weighted by Crippen LogP contribution is -2.44. The Morgan fingerprint density at radius 3 is 2.82 bits per heavy atom. The second-order valence-corrected chi connectivity index (χ2v) is 9.79. The Hall–Kier alpha value is -4.26. The second-order valence-electron chi connectivity index (χ2n) is 9.79. The average Bonchev–Trinajstić information content (AvgIpc) is 3.54. The monoisotopic (exact) mass is 521 g/mol. The van der Waals surface area contributed by atoms with Gasteiger partial charge in [-0.15, -0.1) is 0 Å². The molecule has 3 aromatic heterocycles. The smallest absolute Gasteiger partial charge is 0.332 e. The minimum Gasteiger partial charge on any atom is -0.341 e. The van der Waals surface area contributed by atoms with Crippen molar-refractivity contribution >= 4 is 22.9 Å². The predicted octanol–water partition coefficient (Wildman–Crippen LogP) is 1.56. The van der Waals surface area contributed by atoms with Gasteiger partial charge in [-0.2, -0.15) is 4.98 Å². The zero-order valence-electron chi connectivity index (χ0n) is 21.2. The third-order valence-electron chi connectivity index (χ3n) is 6.99. The van der Waals surface area contributed by atoms with E-state index in [4.69, 9.17) is 10.7 Å². The number of nitro groups is 1. The first-order valence-corrected chi connectivity index (χ1v) is 12.7. The van der Waals surface area contributed by atoms with Gasteiger partial charge in [-0.3, -0.25) is 24.0 Å². The number of imidazole rings is 1. The molecule has 4 heterocycles. The Balaban J connectivity index is 1.64. The summed E-state index contributed by atoms with van der Waals surface area (Å²) in [6.45, 7) is 1.50. The van der Waals surface area contributed by atoms with Crippen molar-refractivity contribution in [3.63, 3.8) is 0 Å². The van der Waals surface area contributed by atoms with Gasteiger partial charge in [0.25, 0.3) is 11.8 Å².